The van der Waals surface area contributed by atoms with Gasteiger partial charge in [-0.25, -0.2) is 4.98 Å². The number of nitrogens with one attached hydrogen (secondary N) is 1. The predicted molar refractivity (Wildman–Crippen MR) is 92.8 cm³/mol. The van der Waals surface area contributed by atoms with Crippen molar-refractivity contribution in [2.24, 2.45) is 0 Å². The van der Waals surface area contributed by atoms with Crippen LogP contribution in [0.3, 0.4) is 0 Å². The Kier molecular flexibility index (Phi) is 6.40. The Hall–Kier alpha value is -2.08. The summed E-state index contributed by atoms with van der Waals surface area (Å²) in [4.78, 5) is 20.0. The summed E-state index contributed by atoms with van der Waals surface area (Å²) in [5.41, 5.74) is 1.06. The lowest BCUT2D eigenvalue weighted by molar-refractivity contribution is -0.114. The number of carbonyl (C=O) groups is 1. The lowest BCUT2D eigenvalue weighted by Gasteiger charge is -2.15. The third-order valence-electron chi connectivity index (χ3n) is 2.99. The fourth-order valence-corrected chi connectivity index (χ4v) is 2.64. The second kappa shape index (κ2) is 8.53. The zero-order valence-corrected chi connectivity index (χ0v) is 14.4. The SMILES string of the molecule is CCCSc1nc(NC(C)=O)cc(O[C@@H](C)c2ccccc2)n1. The molecule has 1 aromatic heterocycles. The number of aromatic nitrogens is 2. The van der Waals surface area contributed by atoms with Crippen molar-refractivity contribution in [1.82, 2.24) is 9.97 Å². The quantitative estimate of drug-likeness (QED) is 0.612. The standard InChI is InChI=1S/C17H21N3O2S/c1-4-10-23-17-19-15(18-13(3)21)11-16(20-17)22-12(2)14-8-6-5-7-9-14/h5-9,11-12H,4,10H2,1-3H3,(H,18,19,20,21)/t12-/m0/s1. The fraction of sp³-hybridized carbons (Fsp3) is 0.353. The molecule has 2 rings (SSSR count). The molecule has 0 unspecified atom stereocenters. The summed E-state index contributed by atoms with van der Waals surface area (Å²) in [5, 5.41) is 3.30. The van der Waals surface area contributed by atoms with Gasteiger partial charge >= 0.3 is 0 Å². The van der Waals surface area contributed by atoms with Crippen LogP contribution in [0.4, 0.5) is 5.82 Å². The highest BCUT2D eigenvalue weighted by molar-refractivity contribution is 7.99. The van der Waals surface area contributed by atoms with Gasteiger partial charge in [0.25, 0.3) is 0 Å². The molecule has 0 radical (unpaired) electrons. The van der Waals surface area contributed by atoms with Crippen LogP contribution in [0.15, 0.2) is 41.6 Å². The molecule has 5 nitrogen and oxygen atoms in total. The van der Waals surface area contributed by atoms with E-state index < -0.39 is 0 Å². The second-order valence-corrected chi connectivity index (χ2v) is 6.14. The van der Waals surface area contributed by atoms with Crippen LogP contribution in [0.5, 0.6) is 5.88 Å². The van der Waals surface area contributed by atoms with E-state index in [1.807, 2.05) is 37.3 Å². The molecule has 1 atom stereocenters. The van der Waals surface area contributed by atoms with Crippen LogP contribution in [0.1, 0.15) is 38.9 Å². The topological polar surface area (TPSA) is 64.1 Å². The summed E-state index contributed by atoms with van der Waals surface area (Å²) in [5.74, 6) is 1.66. The maximum absolute atomic E-state index is 11.3. The minimum atomic E-state index is -0.169. The Balaban J connectivity index is 2.20. The van der Waals surface area contributed by atoms with Crippen LogP contribution in [-0.2, 0) is 4.79 Å². The van der Waals surface area contributed by atoms with E-state index in [9.17, 15) is 4.79 Å². The van der Waals surface area contributed by atoms with E-state index in [4.69, 9.17) is 4.74 Å². The highest BCUT2D eigenvalue weighted by Crippen LogP contribution is 2.25. The molecule has 0 aliphatic rings. The predicted octanol–water partition coefficient (Wildman–Crippen LogP) is 4.08. The Morgan fingerprint density at radius 3 is 2.70 bits per heavy atom. The molecular formula is C17H21N3O2S. The summed E-state index contributed by atoms with van der Waals surface area (Å²) in [7, 11) is 0. The van der Waals surface area contributed by atoms with Gasteiger partial charge in [-0.2, -0.15) is 4.98 Å². The Bertz CT molecular complexity index is 650. The van der Waals surface area contributed by atoms with Gasteiger partial charge in [0.05, 0.1) is 0 Å². The molecule has 0 saturated carbocycles. The van der Waals surface area contributed by atoms with Crippen LogP contribution in [0.2, 0.25) is 0 Å². The van der Waals surface area contributed by atoms with Crippen molar-refractivity contribution in [2.75, 3.05) is 11.1 Å². The lowest BCUT2D eigenvalue weighted by Crippen LogP contribution is -2.10. The smallest absolute Gasteiger partial charge is 0.222 e. The summed E-state index contributed by atoms with van der Waals surface area (Å²) in [6.45, 7) is 5.52. The van der Waals surface area contributed by atoms with Crippen LogP contribution in [0.25, 0.3) is 0 Å². The molecule has 0 saturated heterocycles. The average Bonchev–Trinajstić information content (AvgIpc) is 2.53. The Labute approximate surface area is 140 Å². The number of anilines is 1. The third-order valence-corrected chi connectivity index (χ3v) is 4.04. The van der Waals surface area contributed by atoms with Gasteiger partial charge in [-0.1, -0.05) is 49.0 Å². The van der Waals surface area contributed by atoms with Gasteiger partial charge in [0.1, 0.15) is 11.9 Å². The van der Waals surface area contributed by atoms with E-state index >= 15 is 0 Å². The molecule has 1 amide bonds. The molecule has 6 heteroatoms. The molecule has 1 heterocycles. The monoisotopic (exact) mass is 331 g/mol. The van der Waals surface area contributed by atoms with Crippen LogP contribution >= 0.6 is 11.8 Å². The molecule has 23 heavy (non-hydrogen) atoms. The molecular weight excluding hydrogens is 310 g/mol. The molecule has 0 aliphatic carbocycles. The minimum Gasteiger partial charge on any atom is -0.470 e. The number of carbonyl (C=O) groups excluding carboxylic acids is 1. The molecule has 1 N–H and O–H groups in total. The van der Waals surface area contributed by atoms with Crippen molar-refractivity contribution in [1.29, 1.82) is 0 Å². The highest BCUT2D eigenvalue weighted by atomic mass is 32.2. The van der Waals surface area contributed by atoms with E-state index in [0.29, 0.717) is 16.9 Å². The molecule has 0 bridgehead atoms. The normalized spacial score (nSPS) is 11.8. The van der Waals surface area contributed by atoms with Gasteiger partial charge in [0, 0.05) is 18.7 Å². The number of thioether (sulfide) groups is 1. The fourth-order valence-electron chi connectivity index (χ4n) is 1.94. The largest absolute Gasteiger partial charge is 0.470 e. The van der Waals surface area contributed by atoms with Crippen molar-refractivity contribution < 1.29 is 9.53 Å². The van der Waals surface area contributed by atoms with Crippen LogP contribution in [0, 0.1) is 0 Å². The number of nitrogens with zero attached hydrogens (tertiary/aromatic N) is 2. The van der Waals surface area contributed by atoms with Crippen molar-refractivity contribution in [3.05, 3.63) is 42.0 Å². The molecule has 0 aliphatic heterocycles. The Morgan fingerprint density at radius 1 is 1.30 bits per heavy atom. The average molecular weight is 331 g/mol. The zero-order valence-electron chi connectivity index (χ0n) is 13.6. The number of hydrogen-bond acceptors (Lipinski definition) is 5. The number of rotatable bonds is 7. The summed E-state index contributed by atoms with van der Waals surface area (Å²) < 4.78 is 5.93. The van der Waals surface area contributed by atoms with E-state index in [-0.39, 0.29) is 12.0 Å². The molecule has 0 fully saturated rings. The summed E-state index contributed by atoms with van der Waals surface area (Å²) in [6.07, 6.45) is 0.884. The Morgan fingerprint density at radius 2 is 2.04 bits per heavy atom. The number of amides is 1. The minimum absolute atomic E-state index is 0.139. The van der Waals surface area contributed by atoms with E-state index in [1.54, 1.807) is 17.8 Å². The van der Waals surface area contributed by atoms with Gasteiger partial charge in [0.15, 0.2) is 5.16 Å². The van der Waals surface area contributed by atoms with Gasteiger partial charge < -0.3 is 10.1 Å². The van der Waals surface area contributed by atoms with E-state index in [1.165, 1.54) is 6.92 Å². The lowest BCUT2D eigenvalue weighted by atomic mass is 10.1. The zero-order chi connectivity index (χ0) is 16.7. The van der Waals surface area contributed by atoms with Gasteiger partial charge in [-0.3, -0.25) is 4.79 Å². The third kappa shape index (κ3) is 5.56. The molecule has 122 valence electrons. The number of ether oxygens (including phenoxy) is 1. The van der Waals surface area contributed by atoms with E-state index in [0.717, 1.165) is 17.7 Å². The first-order valence-corrected chi connectivity index (χ1v) is 8.58. The first-order valence-electron chi connectivity index (χ1n) is 7.59. The van der Waals surface area contributed by atoms with Crippen molar-refractivity contribution >= 4 is 23.5 Å². The number of hydrogen-bond donors (Lipinski definition) is 1. The highest BCUT2D eigenvalue weighted by Gasteiger charge is 2.12. The maximum Gasteiger partial charge on any atom is 0.222 e. The molecule has 2 aromatic rings. The van der Waals surface area contributed by atoms with Gasteiger partial charge in [-0.15, -0.1) is 0 Å². The van der Waals surface area contributed by atoms with Crippen molar-refractivity contribution in [2.45, 2.75) is 38.5 Å². The van der Waals surface area contributed by atoms with Crippen LogP contribution in [-0.4, -0.2) is 21.6 Å². The first-order chi connectivity index (χ1) is 11.1. The van der Waals surface area contributed by atoms with Gasteiger partial charge in [-0.05, 0) is 18.9 Å². The molecule has 1 aromatic carbocycles. The van der Waals surface area contributed by atoms with Gasteiger partial charge in [0.2, 0.25) is 11.8 Å². The van der Waals surface area contributed by atoms with E-state index in [2.05, 4.69) is 22.2 Å². The summed E-state index contributed by atoms with van der Waals surface area (Å²) >= 11 is 1.55. The maximum atomic E-state index is 11.3. The second-order valence-electron chi connectivity index (χ2n) is 5.07. The number of benzene rings is 1. The van der Waals surface area contributed by atoms with Crippen LogP contribution < -0.4 is 10.1 Å². The van der Waals surface area contributed by atoms with Crippen molar-refractivity contribution in [3.8, 4) is 5.88 Å². The van der Waals surface area contributed by atoms with Crippen molar-refractivity contribution in [3.63, 3.8) is 0 Å². The first kappa shape index (κ1) is 17.3. The summed E-state index contributed by atoms with van der Waals surface area (Å²) in [6, 6.07) is 11.6. The molecule has 0 spiro atoms.